The number of ether oxygens (including phenoxy) is 1. The molecule has 0 aliphatic carbocycles. The minimum absolute atomic E-state index is 0.0323. The van der Waals surface area contributed by atoms with E-state index in [0.717, 1.165) is 5.56 Å². The number of benzene rings is 1. The van der Waals surface area contributed by atoms with Gasteiger partial charge in [0.25, 0.3) is 0 Å². The Balaban J connectivity index is 1.87. The normalized spacial score (nSPS) is 16.1. The topological polar surface area (TPSA) is 72.6 Å². The summed E-state index contributed by atoms with van der Waals surface area (Å²) in [4.78, 5) is 25.3. The number of carbonyl (C=O) groups is 2. The quantitative estimate of drug-likeness (QED) is 0.522. The number of methoxy groups -OCH3 is 1. The first-order chi connectivity index (χ1) is 10.1. The Morgan fingerprint density at radius 2 is 1.86 bits per heavy atom. The van der Waals surface area contributed by atoms with Gasteiger partial charge in [0.2, 0.25) is 5.91 Å². The lowest BCUT2D eigenvalue weighted by molar-refractivity contribution is -0.148. The van der Waals surface area contributed by atoms with Gasteiger partial charge in [-0.2, -0.15) is 0 Å². The molecule has 1 heterocycles. The van der Waals surface area contributed by atoms with Crippen LogP contribution >= 0.6 is 0 Å². The van der Waals surface area contributed by atoms with Crippen LogP contribution in [0, 0.1) is 5.92 Å². The second-order valence-electron chi connectivity index (χ2n) is 5.12. The van der Waals surface area contributed by atoms with E-state index in [9.17, 15) is 9.59 Å². The van der Waals surface area contributed by atoms with Gasteiger partial charge in [0, 0.05) is 24.9 Å². The Kier molecular flexibility index (Phi) is 4.98. The molecule has 0 aromatic heterocycles. The summed E-state index contributed by atoms with van der Waals surface area (Å²) >= 11 is 0. The van der Waals surface area contributed by atoms with E-state index < -0.39 is 0 Å². The molecular formula is C16H20N2O3. The average Bonchev–Trinajstić information content (AvgIpc) is 2.53. The molecule has 1 fully saturated rings. The fourth-order valence-electron chi connectivity index (χ4n) is 2.38. The van der Waals surface area contributed by atoms with Crippen molar-refractivity contribution in [3.05, 3.63) is 35.9 Å². The van der Waals surface area contributed by atoms with E-state index in [0.29, 0.717) is 31.6 Å². The molecule has 1 aliphatic heterocycles. The number of nitrogen functional groups attached to an aromatic ring is 1. The van der Waals surface area contributed by atoms with E-state index in [1.807, 2.05) is 12.1 Å². The maximum atomic E-state index is 12.1. The summed E-state index contributed by atoms with van der Waals surface area (Å²) in [5.74, 6) is -0.296. The van der Waals surface area contributed by atoms with E-state index in [-0.39, 0.29) is 17.8 Å². The van der Waals surface area contributed by atoms with E-state index in [2.05, 4.69) is 0 Å². The molecule has 1 aromatic rings. The SMILES string of the molecule is COC(=O)C1CCN(C(=O)/C=C/c2ccc(N)cc2)CC1. The van der Waals surface area contributed by atoms with Crippen LogP contribution in [-0.2, 0) is 14.3 Å². The molecule has 0 saturated carbocycles. The Hall–Kier alpha value is -2.30. The van der Waals surface area contributed by atoms with Crippen molar-refractivity contribution in [2.24, 2.45) is 5.92 Å². The monoisotopic (exact) mass is 288 g/mol. The van der Waals surface area contributed by atoms with E-state index >= 15 is 0 Å². The van der Waals surface area contributed by atoms with Crippen molar-refractivity contribution in [1.82, 2.24) is 4.90 Å². The predicted octanol–water partition coefficient (Wildman–Crippen LogP) is 1.69. The minimum Gasteiger partial charge on any atom is -0.469 e. The third-order valence-corrected chi connectivity index (χ3v) is 3.70. The van der Waals surface area contributed by atoms with Crippen molar-refractivity contribution in [2.75, 3.05) is 25.9 Å². The third-order valence-electron chi connectivity index (χ3n) is 3.70. The van der Waals surface area contributed by atoms with Crippen LogP contribution in [0.5, 0.6) is 0 Å². The summed E-state index contributed by atoms with van der Waals surface area (Å²) in [5.41, 5.74) is 7.24. The number of hydrogen-bond acceptors (Lipinski definition) is 4. The molecule has 5 heteroatoms. The molecule has 0 atom stereocenters. The largest absolute Gasteiger partial charge is 0.469 e. The van der Waals surface area contributed by atoms with Gasteiger partial charge in [-0.3, -0.25) is 9.59 Å². The van der Waals surface area contributed by atoms with E-state index in [4.69, 9.17) is 10.5 Å². The van der Waals surface area contributed by atoms with Crippen LogP contribution in [0.25, 0.3) is 6.08 Å². The summed E-state index contributed by atoms with van der Waals surface area (Å²) in [7, 11) is 1.40. The molecule has 0 radical (unpaired) electrons. The molecule has 0 unspecified atom stereocenters. The lowest BCUT2D eigenvalue weighted by Gasteiger charge is -2.29. The van der Waals surface area contributed by atoms with Crippen molar-refractivity contribution < 1.29 is 14.3 Å². The van der Waals surface area contributed by atoms with Crippen LogP contribution in [-0.4, -0.2) is 37.0 Å². The number of nitrogens with zero attached hydrogens (tertiary/aromatic N) is 1. The zero-order valence-electron chi connectivity index (χ0n) is 12.1. The average molecular weight is 288 g/mol. The van der Waals surface area contributed by atoms with Crippen LogP contribution in [0.3, 0.4) is 0 Å². The fourth-order valence-corrected chi connectivity index (χ4v) is 2.38. The highest BCUT2D eigenvalue weighted by Crippen LogP contribution is 2.18. The Morgan fingerprint density at radius 1 is 1.24 bits per heavy atom. The number of esters is 1. The van der Waals surface area contributed by atoms with Gasteiger partial charge in [-0.1, -0.05) is 12.1 Å². The minimum atomic E-state index is -0.181. The van der Waals surface area contributed by atoms with E-state index in [1.165, 1.54) is 7.11 Å². The number of nitrogens with two attached hydrogens (primary N) is 1. The fraction of sp³-hybridized carbons (Fsp3) is 0.375. The second kappa shape index (κ2) is 6.92. The van der Waals surface area contributed by atoms with Crippen LogP contribution < -0.4 is 5.73 Å². The van der Waals surface area contributed by atoms with Gasteiger partial charge in [-0.25, -0.2) is 0 Å². The van der Waals surface area contributed by atoms with Crippen molar-refractivity contribution in [1.29, 1.82) is 0 Å². The Labute approximate surface area is 124 Å². The van der Waals surface area contributed by atoms with Crippen LogP contribution in [0.15, 0.2) is 30.3 Å². The molecular weight excluding hydrogens is 268 g/mol. The highest BCUT2D eigenvalue weighted by molar-refractivity contribution is 5.92. The van der Waals surface area contributed by atoms with Crippen molar-refractivity contribution in [3.63, 3.8) is 0 Å². The molecule has 1 aromatic carbocycles. The van der Waals surface area contributed by atoms with Gasteiger partial charge in [-0.05, 0) is 36.6 Å². The standard InChI is InChI=1S/C16H20N2O3/c1-21-16(20)13-8-10-18(11-9-13)15(19)7-4-12-2-5-14(17)6-3-12/h2-7,13H,8-11,17H2,1H3/b7-4+. The molecule has 2 rings (SSSR count). The van der Waals surface area contributed by atoms with Crippen molar-refractivity contribution in [2.45, 2.75) is 12.8 Å². The van der Waals surface area contributed by atoms with Crippen molar-refractivity contribution in [3.8, 4) is 0 Å². The number of piperidine rings is 1. The number of rotatable bonds is 3. The van der Waals surface area contributed by atoms with Crippen LogP contribution in [0.1, 0.15) is 18.4 Å². The number of amides is 1. The highest BCUT2D eigenvalue weighted by Gasteiger charge is 2.26. The zero-order valence-corrected chi connectivity index (χ0v) is 12.1. The first-order valence-corrected chi connectivity index (χ1v) is 7.00. The number of carbonyl (C=O) groups excluding carboxylic acids is 2. The summed E-state index contributed by atoms with van der Waals surface area (Å²) in [6, 6.07) is 7.32. The molecule has 1 aliphatic rings. The highest BCUT2D eigenvalue weighted by atomic mass is 16.5. The summed E-state index contributed by atoms with van der Waals surface area (Å²) in [6.07, 6.45) is 4.65. The smallest absolute Gasteiger partial charge is 0.308 e. The van der Waals surface area contributed by atoms with Gasteiger partial charge in [0.15, 0.2) is 0 Å². The van der Waals surface area contributed by atoms with Crippen molar-refractivity contribution >= 4 is 23.6 Å². The second-order valence-corrected chi connectivity index (χ2v) is 5.12. The zero-order chi connectivity index (χ0) is 15.2. The summed E-state index contributed by atoms with van der Waals surface area (Å²) in [6.45, 7) is 1.18. The molecule has 5 nitrogen and oxygen atoms in total. The van der Waals surface area contributed by atoms with Crippen LogP contribution in [0.4, 0.5) is 5.69 Å². The van der Waals surface area contributed by atoms with Gasteiger partial charge >= 0.3 is 5.97 Å². The Bertz CT molecular complexity index is 529. The number of hydrogen-bond donors (Lipinski definition) is 1. The summed E-state index contributed by atoms with van der Waals surface area (Å²) < 4.78 is 4.73. The third kappa shape index (κ3) is 4.08. The van der Waals surface area contributed by atoms with Gasteiger partial charge < -0.3 is 15.4 Å². The maximum absolute atomic E-state index is 12.1. The summed E-state index contributed by atoms with van der Waals surface area (Å²) in [5, 5.41) is 0. The van der Waals surface area contributed by atoms with E-state index in [1.54, 1.807) is 29.2 Å². The molecule has 0 spiro atoms. The lowest BCUT2D eigenvalue weighted by Crippen LogP contribution is -2.39. The lowest BCUT2D eigenvalue weighted by atomic mass is 9.97. The first kappa shape index (κ1) is 15.1. The molecule has 1 amide bonds. The molecule has 0 bridgehead atoms. The van der Waals surface area contributed by atoms with Gasteiger partial charge in [0.1, 0.15) is 0 Å². The maximum Gasteiger partial charge on any atom is 0.308 e. The molecule has 21 heavy (non-hydrogen) atoms. The van der Waals surface area contributed by atoms with Gasteiger partial charge in [0.05, 0.1) is 13.0 Å². The Morgan fingerprint density at radius 3 is 2.43 bits per heavy atom. The predicted molar refractivity (Wildman–Crippen MR) is 81.2 cm³/mol. The molecule has 112 valence electrons. The molecule has 1 saturated heterocycles. The number of anilines is 1. The van der Waals surface area contributed by atoms with Gasteiger partial charge in [-0.15, -0.1) is 0 Å². The first-order valence-electron chi connectivity index (χ1n) is 7.00. The van der Waals surface area contributed by atoms with Crippen LogP contribution in [0.2, 0.25) is 0 Å². The molecule has 2 N–H and O–H groups in total. The number of likely N-dealkylation sites (tertiary alicyclic amines) is 1.